The van der Waals surface area contributed by atoms with E-state index in [4.69, 9.17) is 14.6 Å². The zero-order valence-corrected chi connectivity index (χ0v) is 12.0. The molecule has 7 heteroatoms. The van der Waals surface area contributed by atoms with Crippen LogP contribution in [0.15, 0.2) is 24.3 Å². The van der Waals surface area contributed by atoms with Crippen LogP contribution in [0.2, 0.25) is 0 Å². The van der Waals surface area contributed by atoms with E-state index in [2.05, 4.69) is 10.2 Å². The molecule has 0 aliphatic carbocycles. The van der Waals surface area contributed by atoms with Gasteiger partial charge in [-0.2, -0.15) is 0 Å². The van der Waals surface area contributed by atoms with Crippen LogP contribution >= 0.6 is 0 Å². The zero-order chi connectivity index (χ0) is 15.5. The number of nitrogens with zero attached hydrogens (tertiary/aromatic N) is 1. The van der Waals surface area contributed by atoms with Crippen molar-refractivity contribution in [1.82, 2.24) is 5.32 Å². The predicted molar refractivity (Wildman–Crippen MR) is 75.4 cm³/mol. The summed E-state index contributed by atoms with van der Waals surface area (Å²) < 4.78 is 10.6. The van der Waals surface area contributed by atoms with Crippen molar-refractivity contribution >= 4 is 17.6 Å². The molecule has 114 valence electrons. The monoisotopic (exact) mass is 294 g/mol. The number of hydrogen-bond donors (Lipinski definition) is 2. The first kappa shape index (κ1) is 15.3. The smallest absolute Gasteiger partial charge is 0.322 e. The second-order valence-corrected chi connectivity index (χ2v) is 4.80. The molecule has 2 N–H and O–H groups in total. The molecule has 0 unspecified atom stereocenters. The molecule has 0 aromatic heterocycles. The highest BCUT2D eigenvalue weighted by Crippen LogP contribution is 2.30. The van der Waals surface area contributed by atoms with Crippen LogP contribution in [0.1, 0.15) is 10.4 Å². The summed E-state index contributed by atoms with van der Waals surface area (Å²) in [5.41, 5.74) is 1.37. The number of hydrogen-bond acceptors (Lipinski definition) is 5. The molecule has 1 fully saturated rings. The number of nitrogens with one attached hydrogen (secondary N) is 1. The molecule has 1 saturated heterocycles. The van der Waals surface area contributed by atoms with Crippen molar-refractivity contribution in [3.05, 3.63) is 29.8 Å². The van der Waals surface area contributed by atoms with E-state index in [0.717, 1.165) is 5.69 Å². The molecule has 1 aliphatic heterocycles. The Morgan fingerprint density at radius 1 is 1.24 bits per heavy atom. The largest absolute Gasteiger partial charge is 0.480 e. The number of carboxylic acid groups (broad SMARTS) is 1. The van der Waals surface area contributed by atoms with Crippen LogP contribution in [0, 0.1) is 0 Å². The first-order chi connectivity index (χ1) is 9.99. The van der Waals surface area contributed by atoms with Crippen molar-refractivity contribution in [3.63, 3.8) is 0 Å². The summed E-state index contributed by atoms with van der Waals surface area (Å²) in [6, 6.07) is 6.94. The second-order valence-electron chi connectivity index (χ2n) is 4.80. The van der Waals surface area contributed by atoms with Crippen molar-refractivity contribution < 1.29 is 24.2 Å². The van der Waals surface area contributed by atoms with Gasteiger partial charge in [-0.1, -0.05) is 0 Å². The molecule has 7 nitrogen and oxygen atoms in total. The second kappa shape index (κ2) is 6.11. The van der Waals surface area contributed by atoms with Gasteiger partial charge in [0.05, 0.1) is 13.1 Å². The molecule has 1 aliphatic rings. The fraction of sp³-hybridized carbons (Fsp3) is 0.429. The first-order valence-electron chi connectivity index (χ1n) is 6.45. The van der Waals surface area contributed by atoms with Crippen molar-refractivity contribution in [2.75, 3.05) is 38.8 Å². The fourth-order valence-corrected chi connectivity index (χ4v) is 2.14. The van der Waals surface area contributed by atoms with Crippen LogP contribution in [-0.2, 0) is 14.3 Å². The Morgan fingerprint density at radius 2 is 1.81 bits per heavy atom. The molecule has 2 rings (SSSR count). The maximum absolute atomic E-state index is 11.7. The van der Waals surface area contributed by atoms with Gasteiger partial charge in [-0.15, -0.1) is 0 Å². The number of aliphatic carboxylic acids is 1. The van der Waals surface area contributed by atoms with Gasteiger partial charge in [0.15, 0.2) is 0 Å². The van der Waals surface area contributed by atoms with Gasteiger partial charge in [0, 0.05) is 25.5 Å². The number of ether oxygens (including phenoxy) is 2. The standard InChI is InChI=1S/C14H18N2O5/c1-20-14(21-2)8-16(9-14)11-5-3-10(4-6-11)13(19)15-7-12(17)18/h3-6H,7-9H2,1-2H3,(H,15,19)(H,17,18). The van der Waals surface area contributed by atoms with E-state index < -0.39 is 24.2 Å². The van der Waals surface area contributed by atoms with Gasteiger partial charge in [-0.25, -0.2) is 0 Å². The van der Waals surface area contributed by atoms with E-state index in [1.54, 1.807) is 26.4 Å². The van der Waals surface area contributed by atoms with Crippen molar-refractivity contribution in [3.8, 4) is 0 Å². The van der Waals surface area contributed by atoms with Crippen LogP contribution in [0.4, 0.5) is 5.69 Å². The first-order valence-corrected chi connectivity index (χ1v) is 6.45. The third-order valence-electron chi connectivity index (χ3n) is 3.50. The van der Waals surface area contributed by atoms with Gasteiger partial charge < -0.3 is 24.8 Å². The van der Waals surface area contributed by atoms with E-state index in [1.807, 2.05) is 12.1 Å². The molecule has 0 bridgehead atoms. The lowest BCUT2D eigenvalue weighted by Gasteiger charge is -2.48. The lowest BCUT2D eigenvalue weighted by Crippen LogP contribution is -2.64. The molecular weight excluding hydrogens is 276 g/mol. The van der Waals surface area contributed by atoms with E-state index in [0.29, 0.717) is 18.7 Å². The maximum Gasteiger partial charge on any atom is 0.322 e. The summed E-state index contributed by atoms with van der Waals surface area (Å²) in [6.45, 7) is 0.839. The Morgan fingerprint density at radius 3 is 2.29 bits per heavy atom. The summed E-state index contributed by atoms with van der Waals surface area (Å²) in [5, 5.41) is 10.8. The summed E-state index contributed by atoms with van der Waals surface area (Å²) in [7, 11) is 3.22. The highest BCUT2D eigenvalue weighted by Gasteiger charge is 2.43. The summed E-state index contributed by atoms with van der Waals surface area (Å²) in [4.78, 5) is 24.1. The lowest BCUT2D eigenvalue weighted by molar-refractivity contribution is -0.219. The number of amides is 1. The van der Waals surface area contributed by atoms with Crippen LogP contribution < -0.4 is 10.2 Å². The number of methoxy groups -OCH3 is 2. The number of anilines is 1. The SMILES string of the molecule is COC1(OC)CN(c2ccc(C(=O)NCC(=O)O)cc2)C1. The molecule has 1 heterocycles. The van der Waals surface area contributed by atoms with Crippen molar-refractivity contribution in [1.29, 1.82) is 0 Å². The molecule has 21 heavy (non-hydrogen) atoms. The van der Waals surface area contributed by atoms with Crippen LogP contribution in [0.25, 0.3) is 0 Å². The van der Waals surface area contributed by atoms with Crippen LogP contribution in [-0.4, -0.2) is 56.6 Å². The van der Waals surface area contributed by atoms with Crippen molar-refractivity contribution in [2.24, 2.45) is 0 Å². The predicted octanol–water partition coefficient (Wildman–Crippen LogP) is 0.310. The lowest BCUT2D eigenvalue weighted by atomic mass is 10.1. The van der Waals surface area contributed by atoms with E-state index in [9.17, 15) is 9.59 Å². The third kappa shape index (κ3) is 3.32. The molecule has 0 saturated carbocycles. The minimum Gasteiger partial charge on any atom is -0.480 e. The van der Waals surface area contributed by atoms with Gasteiger partial charge in [0.1, 0.15) is 6.54 Å². The van der Waals surface area contributed by atoms with Crippen LogP contribution in [0.3, 0.4) is 0 Å². The molecular formula is C14H18N2O5. The zero-order valence-electron chi connectivity index (χ0n) is 12.0. The van der Waals surface area contributed by atoms with Gasteiger partial charge in [-0.3, -0.25) is 9.59 Å². The normalized spacial score (nSPS) is 16.2. The Balaban J connectivity index is 1.94. The Hall–Kier alpha value is -2.12. The summed E-state index contributed by atoms with van der Waals surface area (Å²) >= 11 is 0. The average molecular weight is 294 g/mol. The quantitative estimate of drug-likeness (QED) is 0.734. The van der Waals surface area contributed by atoms with Gasteiger partial charge in [0.2, 0.25) is 5.79 Å². The highest BCUT2D eigenvalue weighted by molar-refractivity contribution is 5.96. The van der Waals surface area contributed by atoms with E-state index >= 15 is 0 Å². The number of rotatable bonds is 6. The van der Waals surface area contributed by atoms with Crippen LogP contribution in [0.5, 0.6) is 0 Å². The molecule has 0 spiro atoms. The maximum atomic E-state index is 11.7. The summed E-state index contributed by atoms with van der Waals surface area (Å²) in [6.07, 6.45) is 0. The minimum atomic E-state index is -1.07. The molecule has 0 radical (unpaired) electrons. The topological polar surface area (TPSA) is 88.1 Å². The molecule has 1 aromatic rings. The number of carbonyl (C=O) groups is 2. The van der Waals surface area contributed by atoms with Crippen molar-refractivity contribution in [2.45, 2.75) is 5.79 Å². The Bertz CT molecular complexity index is 517. The Labute approximate surface area is 122 Å². The number of benzene rings is 1. The van der Waals surface area contributed by atoms with Gasteiger partial charge in [-0.05, 0) is 24.3 Å². The fourth-order valence-electron chi connectivity index (χ4n) is 2.14. The Kier molecular flexibility index (Phi) is 4.44. The average Bonchev–Trinajstić information content (AvgIpc) is 2.45. The highest BCUT2D eigenvalue weighted by atomic mass is 16.7. The van der Waals surface area contributed by atoms with Gasteiger partial charge >= 0.3 is 5.97 Å². The van der Waals surface area contributed by atoms with E-state index in [1.165, 1.54) is 0 Å². The molecule has 1 aromatic carbocycles. The third-order valence-corrected chi connectivity index (χ3v) is 3.50. The van der Waals surface area contributed by atoms with Gasteiger partial charge in [0.25, 0.3) is 5.91 Å². The summed E-state index contributed by atoms with van der Waals surface area (Å²) in [5.74, 6) is -2.04. The van der Waals surface area contributed by atoms with E-state index in [-0.39, 0.29) is 0 Å². The molecule has 0 atom stereocenters. The number of carboxylic acids is 1. The number of carbonyl (C=O) groups excluding carboxylic acids is 1. The minimum absolute atomic E-state index is 0.392. The molecule has 1 amide bonds.